The second-order valence-electron chi connectivity index (χ2n) is 7.69. The molecule has 0 bridgehead atoms. The van der Waals surface area contributed by atoms with Crippen LogP contribution in [0.25, 0.3) is 6.08 Å². The summed E-state index contributed by atoms with van der Waals surface area (Å²) in [5, 5.41) is 1.15. The summed E-state index contributed by atoms with van der Waals surface area (Å²) >= 11 is 12.1. The highest BCUT2D eigenvalue weighted by molar-refractivity contribution is 6.35. The Bertz CT molecular complexity index is 1140. The maximum atomic E-state index is 14.0. The molecule has 0 saturated carbocycles. The predicted octanol–water partition coefficient (Wildman–Crippen LogP) is 6.07. The molecule has 1 fully saturated rings. The molecule has 1 saturated heterocycles. The molecule has 4 rings (SSSR count). The second-order valence-corrected chi connectivity index (χ2v) is 8.53. The van der Waals surface area contributed by atoms with Crippen LogP contribution in [-0.2, 0) is 11.4 Å². The van der Waals surface area contributed by atoms with Crippen molar-refractivity contribution in [3.05, 3.63) is 99.8 Å². The van der Waals surface area contributed by atoms with E-state index in [4.69, 9.17) is 27.9 Å². The van der Waals surface area contributed by atoms with Crippen molar-refractivity contribution < 1.29 is 13.9 Å². The van der Waals surface area contributed by atoms with Crippen molar-refractivity contribution in [2.45, 2.75) is 6.61 Å². The molecule has 0 unspecified atom stereocenters. The van der Waals surface area contributed by atoms with Gasteiger partial charge in [-0.25, -0.2) is 4.39 Å². The molecule has 33 heavy (non-hydrogen) atoms. The third-order valence-electron chi connectivity index (χ3n) is 5.49. The Morgan fingerprint density at radius 3 is 2.39 bits per heavy atom. The third kappa shape index (κ3) is 6.06. The molecule has 0 aliphatic carbocycles. The number of hydrogen-bond donors (Lipinski definition) is 0. The van der Waals surface area contributed by atoms with Crippen LogP contribution in [0.4, 0.5) is 10.1 Å². The van der Waals surface area contributed by atoms with E-state index in [0.29, 0.717) is 54.3 Å². The third-order valence-corrected chi connectivity index (χ3v) is 6.08. The largest absolute Gasteiger partial charge is 0.489 e. The number of hydrogen-bond acceptors (Lipinski definition) is 3. The number of amides is 1. The van der Waals surface area contributed by atoms with Gasteiger partial charge in [0.1, 0.15) is 18.2 Å². The van der Waals surface area contributed by atoms with Gasteiger partial charge in [0.2, 0.25) is 5.91 Å². The monoisotopic (exact) mass is 484 g/mol. The Hall–Kier alpha value is -3.02. The van der Waals surface area contributed by atoms with Gasteiger partial charge in [0, 0.05) is 47.9 Å². The van der Waals surface area contributed by atoms with E-state index in [1.54, 1.807) is 41.3 Å². The number of ether oxygens (including phenoxy) is 1. The zero-order valence-corrected chi connectivity index (χ0v) is 19.4. The Morgan fingerprint density at radius 2 is 1.70 bits per heavy atom. The summed E-state index contributed by atoms with van der Waals surface area (Å²) in [7, 11) is 0. The number of benzene rings is 3. The minimum atomic E-state index is -0.235. The fourth-order valence-corrected chi connectivity index (χ4v) is 4.09. The first-order valence-electron chi connectivity index (χ1n) is 10.6. The SMILES string of the molecule is O=C(C=Cc1ccc(OCc2ccc(Cl)cc2Cl)cc1)N1CCN(c2ccccc2F)CC1. The van der Waals surface area contributed by atoms with Crippen LogP contribution in [0, 0.1) is 5.82 Å². The van der Waals surface area contributed by atoms with E-state index in [2.05, 4.69) is 0 Å². The molecule has 7 heteroatoms. The summed E-state index contributed by atoms with van der Waals surface area (Å²) in [4.78, 5) is 16.3. The van der Waals surface area contributed by atoms with Crippen molar-refractivity contribution in [2.75, 3.05) is 31.1 Å². The number of carbonyl (C=O) groups is 1. The topological polar surface area (TPSA) is 32.8 Å². The van der Waals surface area contributed by atoms with Crippen molar-refractivity contribution in [3.8, 4) is 5.75 Å². The maximum absolute atomic E-state index is 14.0. The smallest absolute Gasteiger partial charge is 0.246 e. The molecular weight excluding hydrogens is 462 g/mol. The minimum absolute atomic E-state index is 0.0547. The summed E-state index contributed by atoms with van der Waals surface area (Å²) in [5.74, 6) is 0.413. The summed E-state index contributed by atoms with van der Waals surface area (Å²) in [6.45, 7) is 2.64. The quantitative estimate of drug-likeness (QED) is 0.397. The average molecular weight is 485 g/mol. The highest BCUT2D eigenvalue weighted by Crippen LogP contribution is 2.23. The summed E-state index contributed by atoms with van der Waals surface area (Å²) in [6, 6.07) is 19.5. The van der Waals surface area contributed by atoms with Crippen LogP contribution in [0.2, 0.25) is 10.0 Å². The molecule has 3 aromatic rings. The Kier molecular flexibility index (Phi) is 7.53. The summed E-state index contributed by atoms with van der Waals surface area (Å²) in [6.07, 6.45) is 3.35. The van der Waals surface area contributed by atoms with Crippen molar-refractivity contribution in [1.82, 2.24) is 4.90 Å². The fourth-order valence-electron chi connectivity index (χ4n) is 3.62. The normalized spacial score (nSPS) is 14.0. The van der Waals surface area contributed by atoms with E-state index in [0.717, 1.165) is 11.1 Å². The van der Waals surface area contributed by atoms with Gasteiger partial charge in [-0.3, -0.25) is 4.79 Å². The lowest BCUT2D eigenvalue weighted by Crippen LogP contribution is -2.48. The maximum Gasteiger partial charge on any atom is 0.246 e. The first-order chi connectivity index (χ1) is 16.0. The van der Waals surface area contributed by atoms with Crippen molar-refractivity contribution >= 4 is 40.9 Å². The summed E-state index contributed by atoms with van der Waals surface area (Å²) < 4.78 is 19.8. The zero-order valence-electron chi connectivity index (χ0n) is 17.9. The molecule has 0 N–H and O–H groups in total. The number of nitrogens with zero attached hydrogens (tertiary/aromatic N) is 2. The molecular formula is C26H23Cl2FN2O2. The van der Waals surface area contributed by atoms with E-state index in [1.165, 1.54) is 6.07 Å². The second kappa shape index (κ2) is 10.7. The molecule has 1 heterocycles. The number of rotatable bonds is 6. The Labute approximate surface area is 202 Å². The van der Waals surface area contributed by atoms with Crippen LogP contribution >= 0.6 is 23.2 Å². The van der Waals surface area contributed by atoms with Crippen LogP contribution < -0.4 is 9.64 Å². The molecule has 170 valence electrons. The Morgan fingerprint density at radius 1 is 0.970 bits per heavy atom. The predicted molar refractivity (Wildman–Crippen MR) is 131 cm³/mol. The van der Waals surface area contributed by atoms with E-state index in [1.807, 2.05) is 41.3 Å². The highest BCUT2D eigenvalue weighted by Gasteiger charge is 2.21. The van der Waals surface area contributed by atoms with Crippen molar-refractivity contribution in [1.29, 1.82) is 0 Å². The summed E-state index contributed by atoms with van der Waals surface area (Å²) in [5.41, 5.74) is 2.33. The number of anilines is 1. The number of para-hydroxylation sites is 1. The van der Waals surface area contributed by atoms with Gasteiger partial charge in [-0.1, -0.05) is 53.5 Å². The van der Waals surface area contributed by atoms with Crippen LogP contribution in [0.15, 0.2) is 72.8 Å². The van der Waals surface area contributed by atoms with Crippen LogP contribution in [-0.4, -0.2) is 37.0 Å². The zero-order chi connectivity index (χ0) is 23.2. The lowest BCUT2D eigenvalue weighted by Gasteiger charge is -2.35. The van der Waals surface area contributed by atoms with E-state index in [9.17, 15) is 9.18 Å². The molecule has 1 amide bonds. The standard InChI is InChI=1S/C26H23Cl2FN2O2/c27-21-9-8-20(23(28)17-21)18-33-22-10-5-19(6-11-22)7-12-26(32)31-15-13-30(14-16-31)25-4-2-1-3-24(25)29/h1-12,17H,13-16,18H2. The average Bonchev–Trinajstić information content (AvgIpc) is 2.83. The van der Waals surface area contributed by atoms with Crippen LogP contribution in [0.3, 0.4) is 0 Å². The molecule has 3 aromatic carbocycles. The van der Waals surface area contributed by atoms with Gasteiger partial charge in [0.25, 0.3) is 0 Å². The van der Waals surface area contributed by atoms with Gasteiger partial charge in [0.15, 0.2) is 0 Å². The van der Waals surface area contributed by atoms with Crippen LogP contribution in [0.5, 0.6) is 5.75 Å². The first kappa shape index (κ1) is 23.1. The lowest BCUT2D eigenvalue weighted by atomic mass is 10.2. The fraction of sp³-hybridized carbons (Fsp3) is 0.192. The number of carbonyl (C=O) groups excluding carboxylic acids is 1. The van der Waals surface area contributed by atoms with Gasteiger partial charge in [-0.15, -0.1) is 0 Å². The van der Waals surface area contributed by atoms with Gasteiger partial charge in [0.05, 0.1) is 5.69 Å². The minimum Gasteiger partial charge on any atom is -0.489 e. The van der Waals surface area contributed by atoms with E-state index >= 15 is 0 Å². The van der Waals surface area contributed by atoms with Gasteiger partial charge in [-0.05, 0) is 48.0 Å². The molecule has 0 spiro atoms. The van der Waals surface area contributed by atoms with E-state index in [-0.39, 0.29) is 11.7 Å². The van der Waals surface area contributed by atoms with Gasteiger partial charge >= 0.3 is 0 Å². The number of halogens is 3. The Balaban J connectivity index is 1.27. The first-order valence-corrected chi connectivity index (χ1v) is 11.4. The molecule has 1 aliphatic heterocycles. The molecule has 4 nitrogen and oxygen atoms in total. The van der Waals surface area contributed by atoms with Gasteiger partial charge < -0.3 is 14.5 Å². The molecule has 0 radical (unpaired) electrons. The molecule has 0 atom stereocenters. The highest BCUT2D eigenvalue weighted by atomic mass is 35.5. The molecule has 1 aliphatic rings. The van der Waals surface area contributed by atoms with Crippen molar-refractivity contribution in [3.63, 3.8) is 0 Å². The van der Waals surface area contributed by atoms with E-state index < -0.39 is 0 Å². The lowest BCUT2D eigenvalue weighted by molar-refractivity contribution is -0.126. The van der Waals surface area contributed by atoms with Gasteiger partial charge in [-0.2, -0.15) is 0 Å². The van der Waals surface area contributed by atoms with Crippen molar-refractivity contribution in [2.24, 2.45) is 0 Å². The van der Waals surface area contributed by atoms with Crippen LogP contribution in [0.1, 0.15) is 11.1 Å². The number of piperazine rings is 1. The molecule has 0 aromatic heterocycles.